The molecule has 0 heterocycles. The van der Waals surface area contributed by atoms with Crippen molar-refractivity contribution < 1.29 is 26.2 Å². The van der Waals surface area contributed by atoms with Gasteiger partial charge in [0.25, 0.3) is 0 Å². The summed E-state index contributed by atoms with van der Waals surface area (Å²) in [6, 6.07) is 11.5. The fraction of sp³-hybridized carbons (Fsp3) is 0.455. The molecule has 0 aliphatic heterocycles. The molecule has 2 heteroatoms. The normalized spacial score (nSPS) is 31.1. The van der Waals surface area contributed by atoms with Crippen molar-refractivity contribution in [1.82, 2.24) is 0 Å². The van der Waals surface area contributed by atoms with Gasteiger partial charge in [0.05, 0.1) is 0 Å². The van der Waals surface area contributed by atoms with Crippen molar-refractivity contribution in [2.45, 2.75) is 70.0 Å². The standard InChI is InChI=1S/C25H28Si.2C4H9.Zr/c1-26(23-13-3-2-4-14-23,24-15-19-9-5-6-10-20(19)16-24)25-17-21-11-7-8-12-22(21)18-25;2*1-3-4-2;/h2-15,17,19-22,24-25H,16,18H2,1H3;2*1,3-4H2,2H3;/q-2;2*-1;+4. The quantitative estimate of drug-likeness (QED) is 0.249. The van der Waals surface area contributed by atoms with Crippen LogP contribution in [0, 0.1) is 50.4 Å². The monoisotopic (exact) mass is 560 g/mol. The first-order chi connectivity index (χ1) is 16.6. The van der Waals surface area contributed by atoms with Gasteiger partial charge < -0.3 is 26.7 Å². The molecule has 0 bridgehead atoms. The number of allylic oxidation sites excluding steroid dienone is 8. The van der Waals surface area contributed by atoms with Crippen LogP contribution >= 0.6 is 0 Å². The third kappa shape index (κ3) is 7.64. The first-order valence-electron chi connectivity index (χ1n) is 13.6. The van der Waals surface area contributed by atoms with Crippen LogP contribution in [-0.4, -0.2) is 8.07 Å². The second kappa shape index (κ2) is 15.5. The Kier molecular flexibility index (Phi) is 13.5. The van der Waals surface area contributed by atoms with E-state index in [1.165, 1.54) is 25.7 Å². The van der Waals surface area contributed by atoms with Crippen LogP contribution in [0.1, 0.15) is 52.4 Å². The first-order valence-corrected chi connectivity index (χ1v) is 16.3. The van der Waals surface area contributed by atoms with Crippen LogP contribution in [0.2, 0.25) is 17.6 Å². The van der Waals surface area contributed by atoms with Crippen LogP contribution in [-0.2, 0) is 26.2 Å². The van der Waals surface area contributed by atoms with Gasteiger partial charge >= 0.3 is 26.2 Å². The van der Waals surface area contributed by atoms with Crippen LogP contribution in [0.5, 0.6) is 0 Å². The fourth-order valence-corrected chi connectivity index (χ4v) is 11.0. The van der Waals surface area contributed by atoms with Crippen LogP contribution in [0.15, 0.2) is 78.9 Å². The van der Waals surface area contributed by atoms with Gasteiger partial charge in [-0.25, -0.2) is 0 Å². The molecule has 2 fully saturated rings. The summed E-state index contributed by atoms with van der Waals surface area (Å²) in [5, 5.41) is 1.65. The molecule has 4 aliphatic rings. The Labute approximate surface area is 237 Å². The van der Waals surface area contributed by atoms with Gasteiger partial charge in [-0.3, -0.25) is 0 Å². The zero-order valence-corrected chi connectivity index (χ0v) is 25.7. The number of rotatable bonds is 5. The minimum Gasteiger partial charge on any atom is -0.343 e. The van der Waals surface area contributed by atoms with E-state index in [1.54, 1.807) is 5.19 Å². The molecule has 0 spiro atoms. The summed E-state index contributed by atoms with van der Waals surface area (Å²) in [7, 11) is -1.68. The topological polar surface area (TPSA) is 0 Å². The third-order valence-electron chi connectivity index (χ3n) is 8.20. The maximum absolute atomic E-state index is 3.60. The fourth-order valence-electron chi connectivity index (χ4n) is 5.90. The van der Waals surface area contributed by atoms with Gasteiger partial charge in [0.1, 0.15) is 0 Å². The summed E-state index contributed by atoms with van der Waals surface area (Å²) in [5.74, 6) is 2.76. The minimum absolute atomic E-state index is 0. The minimum atomic E-state index is -1.68. The maximum atomic E-state index is 3.60. The molecule has 0 saturated heterocycles. The molecule has 0 radical (unpaired) electrons. The SMILES string of the molecule is C[Si](c1ccccc1)(C1[CH-]C2C=CC=CC2C1)C1[CH-]C2C=CC=CC2C1.[CH2-]CCC.[CH2-]CCC.[Zr+4]. The molecular weight excluding hydrogens is 516 g/mol. The predicted molar refractivity (Wildman–Crippen MR) is 154 cm³/mol. The molecule has 4 aliphatic carbocycles. The van der Waals surface area contributed by atoms with Gasteiger partial charge in [-0.2, -0.15) is 23.9 Å². The van der Waals surface area contributed by atoms with Gasteiger partial charge in [-0.15, -0.1) is 24.0 Å². The first kappa shape index (κ1) is 30.5. The molecule has 6 atom stereocenters. The largest absolute Gasteiger partial charge is 4.00 e. The Hall–Kier alpha value is -0.720. The van der Waals surface area contributed by atoms with Crippen molar-refractivity contribution in [2.24, 2.45) is 23.7 Å². The smallest absolute Gasteiger partial charge is 0.343 e. The average molecular weight is 562 g/mol. The summed E-state index contributed by atoms with van der Waals surface area (Å²) in [6.45, 7) is 14.1. The summed E-state index contributed by atoms with van der Waals surface area (Å²) in [4.78, 5) is 0. The van der Waals surface area contributed by atoms with E-state index in [-0.39, 0.29) is 26.2 Å². The van der Waals surface area contributed by atoms with E-state index in [2.05, 4.69) is 126 Å². The van der Waals surface area contributed by atoms with Crippen molar-refractivity contribution in [1.29, 1.82) is 0 Å². The van der Waals surface area contributed by atoms with Crippen molar-refractivity contribution in [2.75, 3.05) is 0 Å². The van der Waals surface area contributed by atoms with E-state index in [4.69, 9.17) is 0 Å². The molecular formula is C33H46SiZr. The van der Waals surface area contributed by atoms with E-state index in [1.807, 2.05) is 0 Å². The maximum Gasteiger partial charge on any atom is 4.00 e. The van der Waals surface area contributed by atoms with E-state index in [0.717, 1.165) is 35.8 Å². The number of hydrogen-bond acceptors (Lipinski definition) is 0. The summed E-state index contributed by atoms with van der Waals surface area (Å²) < 4.78 is 0. The second-order valence-corrected chi connectivity index (χ2v) is 15.1. The van der Waals surface area contributed by atoms with Gasteiger partial charge in [0, 0.05) is 8.07 Å². The van der Waals surface area contributed by atoms with E-state index >= 15 is 0 Å². The number of hydrogen-bond donors (Lipinski definition) is 0. The molecule has 5 rings (SSSR count). The predicted octanol–water partition coefficient (Wildman–Crippen LogP) is 8.88. The summed E-state index contributed by atoms with van der Waals surface area (Å²) in [5.41, 5.74) is 1.53. The molecule has 6 unspecified atom stereocenters. The zero-order chi connectivity index (χ0) is 24.4. The van der Waals surface area contributed by atoms with Crippen LogP contribution in [0.25, 0.3) is 0 Å². The van der Waals surface area contributed by atoms with E-state index < -0.39 is 8.07 Å². The van der Waals surface area contributed by atoms with Crippen LogP contribution < -0.4 is 5.19 Å². The van der Waals surface area contributed by atoms with Gasteiger partial charge in [0.15, 0.2) is 0 Å². The molecule has 0 aromatic heterocycles. The Morgan fingerprint density at radius 1 is 0.743 bits per heavy atom. The van der Waals surface area contributed by atoms with Gasteiger partial charge in [0.2, 0.25) is 0 Å². The molecule has 1 aromatic carbocycles. The Morgan fingerprint density at radius 2 is 1.14 bits per heavy atom. The molecule has 0 nitrogen and oxygen atoms in total. The number of unbranched alkanes of at least 4 members (excludes halogenated alkanes) is 2. The zero-order valence-electron chi connectivity index (χ0n) is 22.3. The van der Waals surface area contributed by atoms with Crippen LogP contribution in [0.4, 0.5) is 0 Å². The second-order valence-electron chi connectivity index (χ2n) is 10.4. The van der Waals surface area contributed by atoms with Crippen molar-refractivity contribution in [3.8, 4) is 0 Å². The molecule has 1 aromatic rings. The average Bonchev–Trinajstić information content (AvgIpc) is 3.54. The molecule has 0 amide bonds. The van der Waals surface area contributed by atoms with Gasteiger partial charge in [-0.1, -0.05) is 118 Å². The molecule has 0 N–H and O–H groups in total. The molecule has 35 heavy (non-hydrogen) atoms. The van der Waals surface area contributed by atoms with Crippen LogP contribution in [0.3, 0.4) is 0 Å². The molecule has 186 valence electrons. The van der Waals surface area contributed by atoms with Gasteiger partial charge in [-0.05, 0) is 11.8 Å². The molecule has 2 saturated carbocycles. The van der Waals surface area contributed by atoms with Crippen molar-refractivity contribution in [3.63, 3.8) is 0 Å². The Balaban J connectivity index is 0.000000423. The Bertz CT molecular complexity index is 744. The summed E-state index contributed by atoms with van der Waals surface area (Å²) in [6.07, 6.45) is 31.4. The van der Waals surface area contributed by atoms with E-state index in [9.17, 15) is 0 Å². The summed E-state index contributed by atoms with van der Waals surface area (Å²) >= 11 is 0. The number of fused-ring (bicyclic) bond motifs is 2. The third-order valence-corrected chi connectivity index (χ3v) is 13.7. The Morgan fingerprint density at radius 3 is 1.51 bits per heavy atom. The van der Waals surface area contributed by atoms with E-state index in [0.29, 0.717) is 11.8 Å². The number of benzene rings is 1. The van der Waals surface area contributed by atoms with Crippen molar-refractivity contribution in [3.05, 3.63) is 106 Å². The van der Waals surface area contributed by atoms with Crippen molar-refractivity contribution >= 4 is 13.3 Å².